The predicted octanol–water partition coefficient (Wildman–Crippen LogP) is 5.34. The number of carbonyl (C=O) groups is 1. The Balaban J connectivity index is 1.28. The van der Waals surface area contributed by atoms with E-state index in [0.29, 0.717) is 28.2 Å². The van der Waals surface area contributed by atoms with Crippen LogP contribution >= 0.6 is 0 Å². The predicted molar refractivity (Wildman–Crippen MR) is 184 cm³/mol. The number of nitrogens with zero attached hydrogens (tertiary/aromatic N) is 4. The van der Waals surface area contributed by atoms with Crippen LogP contribution in [-0.4, -0.2) is 70.4 Å². The number of rotatable bonds is 11. The topological polar surface area (TPSA) is 139 Å². The number of benzene rings is 4. The van der Waals surface area contributed by atoms with Crippen molar-refractivity contribution in [2.24, 2.45) is 0 Å². The highest BCUT2D eigenvalue weighted by atomic mass is 16.7. The normalized spacial score (nSPS) is 19.0. The minimum absolute atomic E-state index is 0.227. The van der Waals surface area contributed by atoms with Gasteiger partial charge in [0.2, 0.25) is 0 Å². The van der Waals surface area contributed by atoms with E-state index in [-0.39, 0.29) is 11.7 Å². The number of aromatic nitrogens is 4. The van der Waals surface area contributed by atoms with Gasteiger partial charge in [0.1, 0.15) is 35.6 Å². The summed E-state index contributed by atoms with van der Waals surface area (Å²) in [5, 5.41) is 14.6. The molecule has 1 amide bonds. The molecule has 1 fully saturated rings. The molecule has 4 atom stereocenters. The Morgan fingerprint density at radius 2 is 1.36 bits per heavy atom. The van der Waals surface area contributed by atoms with E-state index < -0.39 is 30.3 Å². The quantitative estimate of drug-likeness (QED) is 0.174. The Bertz CT molecular complexity index is 2010. The molecule has 3 heterocycles. The van der Waals surface area contributed by atoms with Gasteiger partial charge in [-0.3, -0.25) is 9.36 Å². The molecule has 4 aromatic carbocycles. The molecule has 2 aromatic heterocycles. The number of fused-ring (bicyclic) bond motifs is 1. The molecular weight excluding hydrogens is 638 g/mol. The molecule has 1 aliphatic heterocycles. The average Bonchev–Trinajstić information content (AvgIpc) is 3.75. The first-order chi connectivity index (χ1) is 24.5. The van der Waals surface area contributed by atoms with Crippen LogP contribution in [0.3, 0.4) is 0 Å². The summed E-state index contributed by atoms with van der Waals surface area (Å²) in [5.41, 5.74) is 2.23. The molecular formula is C38H35N5O7. The summed E-state index contributed by atoms with van der Waals surface area (Å²) >= 11 is 0. The molecule has 0 spiro atoms. The molecule has 0 unspecified atom stereocenters. The number of methoxy groups -OCH3 is 3. The zero-order valence-corrected chi connectivity index (χ0v) is 27.5. The Kier molecular flexibility index (Phi) is 9.24. The lowest BCUT2D eigenvalue weighted by Gasteiger charge is -2.38. The molecule has 1 saturated heterocycles. The van der Waals surface area contributed by atoms with Crippen LogP contribution in [0, 0.1) is 0 Å². The maximum absolute atomic E-state index is 12.9. The third-order valence-electron chi connectivity index (χ3n) is 8.81. The van der Waals surface area contributed by atoms with Gasteiger partial charge in [-0.15, -0.1) is 0 Å². The van der Waals surface area contributed by atoms with Crippen LogP contribution in [-0.2, 0) is 19.8 Å². The molecule has 2 N–H and O–H groups in total. The molecule has 0 bridgehead atoms. The molecule has 0 saturated carbocycles. The summed E-state index contributed by atoms with van der Waals surface area (Å²) < 4.78 is 32.0. The second-order valence-corrected chi connectivity index (χ2v) is 11.6. The summed E-state index contributed by atoms with van der Waals surface area (Å²) in [4.78, 5) is 26.2. The van der Waals surface area contributed by atoms with Crippen molar-refractivity contribution in [3.8, 4) is 11.5 Å². The number of aliphatic hydroxyl groups excluding tert-OH is 1. The highest BCUT2D eigenvalue weighted by molar-refractivity contribution is 6.06. The largest absolute Gasteiger partial charge is 0.497 e. The molecule has 1 aliphatic rings. The van der Waals surface area contributed by atoms with E-state index in [1.165, 1.54) is 19.8 Å². The number of imidazole rings is 1. The van der Waals surface area contributed by atoms with Crippen LogP contribution in [0.5, 0.6) is 11.5 Å². The van der Waals surface area contributed by atoms with E-state index >= 15 is 0 Å². The van der Waals surface area contributed by atoms with Crippen molar-refractivity contribution in [1.82, 2.24) is 19.5 Å². The van der Waals surface area contributed by atoms with E-state index in [1.807, 2.05) is 84.9 Å². The molecule has 254 valence electrons. The lowest BCUT2D eigenvalue weighted by atomic mass is 9.80. The Labute approximate surface area is 288 Å². The van der Waals surface area contributed by atoms with Gasteiger partial charge in [-0.1, -0.05) is 72.8 Å². The van der Waals surface area contributed by atoms with E-state index in [1.54, 1.807) is 43.1 Å². The summed E-state index contributed by atoms with van der Waals surface area (Å²) in [6.45, 7) is 0. The Hall–Kier alpha value is -5.66. The van der Waals surface area contributed by atoms with Gasteiger partial charge in [-0.2, -0.15) is 0 Å². The van der Waals surface area contributed by atoms with Crippen molar-refractivity contribution in [1.29, 1.82) is 0 Å². The van der Waals surface area contributed by atoms with Gasteiger partial charge in [-0.05, 0) is 53.1 Å². The number of hydrogen-bond donors (Lipinski definition) is 2. The Morgan fingerprint density at radius 3 is 1.94 bits per heavy atom. The first kappa shape index (κ1) is 32.9. The van der Waals surface area contributed by atoms with Gasteiger partial charge in [0.15, 0.2) is 29.5 Å². The molecule has 0 radical (unpaired) electrons. The lowest BCUT2D eigenvalue weighted by molar-refractivity contribution is -0.216. The molecule has 12 nitrogen and oxygen atoms in total. The molecule has 50 heavy (non-hydrogen) atoms. The van der Waals surface area contributed by atoms with Crippen LogP contribution in [0.1, 0.15) is 33.3 Å². The Morgan fingerprint density at radius 1 is 0.780 bits per heavy atom. The van der Waals surface area contributed by atoms with Gasteiger partial charge in [0, 0.05) is 12.7 Å². The number of hydrogen-bond acceptors (Lipinski definition) is 10. The first-order valence-electron chi connectivity index (χ1n) is 15.9. The third kappa shape index (κ3) is 5.94. The number of ether oxygens (including phenoxy) is 5. The fourth-order valence-electron chi connectivity index (χ4n) is 6.30. The second kappa shape index (κ2) is 14.1. The van der Waals surface area contributed by atoms with Crippen LogP contribution in [0.4, 0.5) is 5.82 Å². The van der Waals surface area contributed by atoms with Crippen molar-refractivity contribution >= 4 is 22.9 Å². The van der Waals surface area contributed by atoms with Gasteiger partial charge in [0.05, 0.1) is 20.5 Å². The maximum Gasteiger partial charge on any atom is 0.256 e. The molecule has 0 aliphatic carbocycles. The van der Waals surface area contributed by atoms with Gasteiger partial charge in [0.25, 0.3) is 5.91 Å². The fraction of sp³-hybridized carbons (Fsp3) is 0.211. The SMILES string of the molecule is COc1ccc(C(O[C@H]2O[C@@H](n3cnc4c(NC(=O)c5ccccc5)ncnc43)[C@H](OC)[C@@H]2O)(c2ccccc2)c2ccc(OC)cc2)cc1. The van der Waals surface area contributed by atoms with Crippen molar-refractivity contribution < 1.29 is 33.6 Å². The van der Waals surface area contributed by atoms with E-state index in [2.05, 4.69) is 20.3 Å². The zero-order valence-electron chi connectivity index (χ0n) is 27.5. The van der Waals surface area contributed by atoms with Crippen molar-refractivity contribution in [3.05, 3.63) is 144 Å². The van der Waals surface area contributed by atoms with Gasteiger partial charge in [-0.25, -0.2) is 15.0 Å². The van der Waals surface area contributed by atoms with E-state index in [0.717, 1.165) is 16.7 Å². The fourth-order valence-corrected chi connectivity index (χ4v) is 6.30. The summed E-state index contributed by atoms with van der Waals surface area (Å²) in [6.07, 6.45) is -1.42. The summed E-state index contributed by atoms with van der Waals surface area (Å²) in [7, 11) is 4.71. The lowest BCUT2D eigenvalue weighted by Crippen LogP contribution is -2.42. The van der Waals surface area contributed by atoms with E-state index in [9.17, 15) is 9.90 Å². The second-order valence-electron chi connectivity index (χ2n) is 11.6. The van der Waals surface area contributed by atoms with E-state index in [4.69, 9.17) is 23.7 Å². The highest BCUT2D eigenvalue weighted by Gasteiger charge is 2.51. The standard InChI is InChI=1S/C38H35N5O7/c1-46-28-18-14-26(15-19-28)38(25-12-8-5-9-13-25,27-16-20-29(47-2)21-17-27)50-37-31(44)32(48-3)36(49-37)43-23-41-30-33(39-22-40-34(30)43)42-35(45)24-10-6-4-7-11-24/h4-23,31-32,36-37,44H,1-3H3,(H,39,40,42,45)/t31-,32+,36+,37+/m0/s1. The third-order valence-corrected chi connectivity index (χ3v) is 8.81. The number of amides is 1. The molecule has 7 rings (SSSR count). The number of aliphatic hydroxyl groups is 1. The smallest absolute Gasteiger partial charge is 0.256 e. The van der Waals surface area contributed by atoms with Crippen LogP contribution in [0.2, 0.25) is 0 Å². The van der Waals surface area contributed by atoms with Crippen LogP contribution < -0.4 is 14.8 Å². The maximum atomic E-state index is 12.9. The zero-order chi connectivity index (χ0) is 34.7. The minimum atomic E-state index is -1.27. The summed E-state index contributed by atoms with van der Waals surface area (Å²) in [5.74, 6) is 1.24. The number of anilines is 1. The minimum Gasteiger partial charge on any atom is -0.497 e. The van der Waals surface area contributed by atoms with Crippen molar-refractivity contribution in [2.45, 2.75) is 30.3 Å². The molecule has 6 aromatic rings. The summed E-state index contributed by atoms with van der Waals surface area (Å²) in [6, 6.07) is 33.7. The van der Waals surface area contributed by atoms with Crippen molar-refractivity contribution in [3.63, 3.8) is 0 Å². The van der Waals surface area contributed by atoms with Gasteiger partial charge < -0.3 is 34.1 Å². The average molecular weight is 674 g/mol. The first-order valence-corrected chi connectivity index (χ1v) is 15.9. The molecule has 12 heteroatoms. The van der Waals surface area contributed by atoms with Crippen molar-refractivity contribution in [2.75, 3.05) is 26.6 Å². The van der Waals surface area contributed by atoms with Crippen LogP contribution in [0.25, 0.3) is 11.2 Å². The monoisotopic (exact) mass is 673 g/mol. The highest BCUT2D eigenvalue weighted by Crippen LogP contribution is 2.46. The van der Waals surface area contributed by atoms with Gasteiger partial charge >= 0.3 is 0 Å². The number of carbonyl (C=O) groups excluding carboxylic acids is 1. The number of nitrogens with one attached hydrogen (secondary N) is 1. The van der Waals surface area contributed by atoms with Crippen LogP contribution in [0.15, 0.2) is 122 Å².